The van der Waals surface area contributed by atoms with Crippen molar-refractivity contribution in [1.29, 1.82) is 0 Å². The quantitative estimate of drug-likeness (QED) is 0.700. The third kappa shape index (κ3) is 3.97. The summed E-state index contributed by atoms with van der Waals surface area (Å²) in [6.07, 6.45) is 4.13. The molecule has 3 N–H and O–H groups in total. The van der Waals surface area contributed by atoms with E-state index < -0.39 is 17.5 Å². The van der Waals surface area contributed by atoms with E-state index in [1.165, 1.54) is 0 Å². The molecule has 0 saturated carbocycles. The second-order valence-corrected chi connectivity index (χ2v) is 4.82. The smallest absolute Gasteiger partial charge is 0.329 e. The Morgan fingerprint density at radius 3 is 2.50 bits per heavy atom. The second-order valence-electron chi connectivity index (χ2n) is 4.82. The van der Waals surface area contributed by atoms with E-state index in [9.17, 15) is 14.7 Å². The molecule has 0 spiro atoms. The lowest BCUT2D eigenvalue weighted by Gasteiger charge is -2.28. The van der Waals surface area contributed by atoms with Crippen molar-refractivity contribution in [2.24, 2.45) is 0 Å². The van der Waals surface area contributed by atoms with E-state index in [1.54, 1.807) is 37.0 Å². The Bertz CT molecular complexity index is 440. The number of urea groups is 1. The highest BCUT2D eigenvalue weighted by Crippen LogP contribution is 2.15. The summed E-state index contributed by atoms with van der Waals surface area (Å²) in [7, 11) is 0. The van der Waals surface area contributed by atoms with Crippen LogP contribution in [-0.2, 0) is 11.3 Å². The third-order valence-corrected chi connectivity index (χ3v) is 3.37. The zero-order valence-electron chi connectivity index (χ0n) is 12.1. The molecule has 0 aliphatic rings. The molecule has 1 aromatic rings. The minimum absolute atomic E-state index is 0.157. The Kier molecular flexibility index (Phi) is 5.54. The summed E-state index contributed by atoms with van der Waals surface area (Å²) in [4.78, 5) is 23.2. The molecule has 1 aromatic heterocycles. The number of carbonyl (C=O) groups excluding carboxylic acids is 1. The molecule has 0 aromatic carbocycles. The number of aromatic nitrogens is 2. The highest BCUT2D eigenvalue weighted by molar-refractivity contribution is 5.86. The summed E-state index contributed by atoms with van der Waals surface area (Å²) in [5, 5.41) is 18.6. The van der Waals surface area contributed by atoms with Crippen molar-refractivity contribution >= 4 is 12.0 Å². The minimum atomic E-state index is -1.21. The van der Waals surface area contributed by atoms with E-state index in [4.69, 9.17) is 0 Å². The van der Waals surface area contributed by atoms with Crippen LogP contribution in [0.3, 0.4) is 0 Å². The van der Waals surface area contributed by atoms with Gasteiger partial charge in [0.2, 0.25) is 0 Å². The molecule has 1 rings (SSSR count). The average molecular weight is 282 g/mol. The van der Waals surface area contributed by atoms with E-state index in [1.807, 2.05) is 6.92 Å². The summed E-state index contributed by atoms with van der Waals surface area (Å²) in [6.45, 7) is 5.84. The van der Waals surface area contributed by atoms with Crippen LogP contribution in [0.15, 0.2) is 18.5 Å². The van der Waals surface area contributed by atoms with Crippen LogP contribution in [-0.4, -0.2) is 38.5 Å². The Morgan fingerprint density at radius 1 is 1.40 bits per heavy atom. The van der Waals surface area contributed by atoms with Crippen LogP contribution in [0.5, 0.6) is 0 Å². The molecular formula is C13H22N4O3. The fourth-order valence-electron chi connectivity index (χ4n) is 1.99. The van der Waals surface area contributed by atoms with Gasteiger partial charge in [0.25, 0.3) is 0 Å². The normalized spacial score (nSPS) is 12.8. The zero-order valence-corrected chi connectivity index (χ0v) is 12.1. The maximum Gasteiger partial charge on any atom is 0.329 e. The van der Waals surface area contributed by atoms with Crippen LogP contribution in [0, 0.1) is 0 Å². The lowest BCUT2D eigenvalue weighted by molar-refractivity contribution is -0.144. The summed E-state index contributed by atoms with van der Waals surface area (Å²) in [5.41, 5.74) is -1.21. The third-order valence-electron chi connectivity index (χ3n) is 3.37. The number of hydrogen-bond acceptors (Lipinski definition) is 3. The summed E-state index contributed by atoms with van der Waals surface area (Å²) in [6, 6.07) is 1.17. The van der Waals surface area contributed by atoms with Gasteiger partial charge in [-0.1, -0.05) is 13.8 Å². The number of hydrogen-bond donors (Lipinski definition) is 3. The standard InChI is InChI=1S/C13H22N4O3/c1-4-13(5-2,11(18)19)16-12(20)15-10(3)9-17-8-6-7-14-17/h6-8,10H,4-5,9H2,1-3H3,(H,18,19)(H2,15,16,20). The molecule has 1 unspecified atom stereocenters. The Morgan fingerprint density at radius 2 is 2.05 bits per heavy atom. The fraction of sp³-hybridized carbons (Fsp3) is 0.615. The summed E-state index contributed by atoms with van der Waals surface area (Å²) < 4.78 is 1.70. The number of carboxylic acids is 1. The van der Waals surface area contributed by atoms with E-state index >= 15 is 0 Å². The number of carbonyl (C=O) groups is 2. The van der Waals surface area contributed by atoms with E-state index in [0.29, 0.717) is 19.4 Å². The monoisotopic (exact) mass is 282 g/mol. The predicted molar refractivity (Wildman–Crippen MR) is 74.3 cm³/mol. The zero-order chi connectivity index (χ0) is 15.2. The van der Waals surface area contributed by atoms with Crippen molar-refractivity contribution in [2.75, 3.05) is 0 Å². The topological polar surface area (TPSA) is 96.3 Å². The number of rotatable bonds is 7. The van der Waals surface area contributed by atoms with E-state index in [-0.39, 0.29) is 6.04 Å². The van der Waals surface area contributed by atoms with Crippen molar-refractivity contribution in [3.05, 3.63) is 18.5 Å². The van der Waals surface area contributed by atoms with Gasteiger partial charge in [0, 0.05) is 18.4 Å². The molecule has 2 amide bonds. The predicted octanol–water partition coefficient (Wildman–Crippen LogP) is 1.21. The molecule has 0 fully saturated rings. The molecule has 1 heterocycles. The van der Waals surface area contributed by atoms with Gasteiger partial charge in [0.05, 0.1) is 6.54 Å². The molecule has 0 aliphatic carbocycles. The molecule has 0 aliphatic heterocycles. The Hall–Kier alpha value is -2.05. The molecule has 0 radical (unpaired) electrons. The Labute approximate surface area is 118 Å². The first kappa shape index (κ1) is 16.0. The molecule has 7 heteroatoms. The molecule has 20 heavy (non-hydrogen) atoms. The molecular weight excluding hydrogens is 260 g/mol. The summed E-state index contributed by atoms with van der Waals surface area (Å²) in [5.74, 6) is -1.02. The van der Waals surface area contributed by atoms with Gasteiger partial charge in [0.1, 0.15) is 5.54 Å². The van der Waals surface area contributed by atoms with E-state index in [0.717, 1.165) is 0 Å². The number of nitrogens with one attached hydrogen (secondary N) is 2. The molecule has 1 atom stereocenters. The van der Waals surface area contributed by atoms with Crippen molar-refractivity contribution < 1.29 is 14.7 Å². The number of amides is 2. The first-order valence-corrected chi connectivity index (χ1v) is 6.73. The Balaban J connectivity index is 2.55. The van der Waals surface area contributed by atoms with Gasteiger partial charge < -0.3 is 15.7 Å². The lowest BCUT2D eigenvalue weighted by Crippen LogP contribution is -2.57. The summed E-state index contributed by atoms with van der Waals surface area (Å²) >= 11 is 0. The SMILES string of the molecule is CCC(CC)(NC(=O)NC(C)Cn1cccn1)C(=O)O. The lowest BCUT2D eigenvalue weighted by atomic mass is 9.93. The molecule has 0 bridgehead atoms. The van der Waals surface area contributed by atoms with Crippen LogP contribution >= 0.6 is 0 Å². The maximum absolute atomic E-state index is 11.9. The minimum Gasteiger partial charge on any atom is -0.480 e. The molecule has 0 saturated heterocycles. The highest BCUT2D eigenvalue weighted by atomic mass is 16.4. The van der Waals surface area contributed by atoms with Gasteiger partial charge in [-0.25, -0.2) is 9.59 Å². The first-order chi connectivity index (χ1) is 9.43. The largest absolute Gasteiger partial charge is 0.480 e. The van der Waals surface area contributed by atoms with Gasteiger partial charge in [-0.2, -0.15) is 5.10 Å². The molecule has 7 nitrogen and oxygen atoms in total. The van der Waals surface area contributed by atoms with Crippen LogP contribution in [0.25, 0.3) is 0 Å². The van der Waals surface area contributed by atoms with Crippen molar-refractivity contribution in [1.82, 2.24) is 20.4 Å². The van der Waals surface area contributed by atoms with Crippen molar-refractivity contribution in [2.45, 2.75) is 51.7 Å². The van der Waals surface area contributed by atoms with Gasteiger partial charge in [-0.15, -0.1) is 0 Å². The average Bonchev–Trinajstić information content (AvgIpc) is 2.88. The van der Waals surface area contributed by atoms with E-state index in [2.05, 4.69) is 15.7 Å². The van der Waals surface area contributed by atoms with Crippen molar-refractivity contribution in [3.8, 4) is 0 Å². The van der Waals surface area contributed by atoms with Gasteiger partial charge in [-0.3, -0.25) is 4.68 Å². The van der Waals surface area contributed by atoms with Crippen LogP contribution in [0.4, 0.5) is 4.79 Å². The second kappa shape index (κ2) is 6.93. The highest BCUT2D eigenvalue weighted by Gasteiger charge is 2.36. The maximum atomic E-state index is 11.9. The number of aliphatic carboxylic acids is 1. The first-order valence-electron chi connectivity index (χ1n) is 6.73. The fourth-order valence-corrected chi connectivity index (χ4v) is 1.99. The van der Waals surface area contributed by atoms with Crippen LogP contribution in [0.1, 0.15) is 33.6 Å². The number of nitrogens with zero attached hydrogens (tertiary/aromatic N) is 2. The van der Waals surface area contributed by atoms with Crippen molar-refractivity contribution in [3.63, 3.8) is 0 Å². The van der Waals surface area contributed by atoms with Crippen LogP contribution in [0.2, 0.25) is 0 Å². The van der Waals surface area contributed by atoms with Crippen LogP contribution < -0.4 is 10.6 Å². The van der Waals surface area contributed by atoms with Gasteiger partial charge in [0.15, 0.2) is 0 Å². The van der Waals surface area contributed by atoms with Gasteiger partial charge in [-0.05, 0) is 25.8 Å². The molecule has 112 valence electrons. The number of carboxylic acid groups (broad SMARTS) is 1. The van der Waals surface area contributed by atoms with Gasteiger partial charge >= 0.3 is 12.0 Å².